The molecule has 2 fully saturated rings. The van der Waals surface area contributed by atoms with Gasteiger partial charge in [-0.05, 0) is 67.2 Å². The van der Waals surface area contributed by atoms with E-state index < -0.39 is 11.5 Å². The summed E-state index contributed by atoms with van der Waals surface area (Å²) in [5.74, 6) is -0.421. The number of aliphatic hydroxyl groups excluding tert-OH is 1. The van der Waals surface area contributed by atoms with Crippen molar-refractivity contribution in [3.63, 3.8) is 0 Å². The Kier molecular flexibility index (Phi) is 7.12. The van der Waals surface area contributed by atoms with Crippen LogP contribution < -0.4 is 16.0 Å². The number of benzene rings is 2. The molecule has 5 rings (SSSR count). The monoisotopic (exact) mass is 523 g/mol. The van der Waals surface area contributed by atoms with Gasteiger partial charge in [-0.25, -0.2) is 0 Å². The summed E-state index contributed by atoms with van der Waals surface area (Å²) in [6.45, 7) is 6.51. The predicted molar refractivity (Wildman–Crippen MR) is 147 cm³/mol. The fourth-order valence-corrected chi connectivity index (χ4v) is 6.95. The van der Waals surface area contributed by atoms with Crippen molar-refractivity contribution in [1.82, 2.24) is 10.6 Å². The topological polar surface area (TPSA) is 90.5 Å². The number of aliphatic hydroxyl groups is 1. The fraction of sp³-hybridized carbons (Fsp3) is 0.533. The third kappa shape index (κ3) is 5.04. The molecule has 3 aliphatic rings. The maximum atomic E-state index is 14.1. The van der Waals surface area contributed by atoms with Gasteiger partial charge >= 0.3 is 0 Å². The van der Waals surface area contributed by atoms with Crippen molar-refractivity contribution < 1.29 is 14.7 Å². The van der Waals surface area contributed by atoms with Gasteiger partial charge in [0.2, 0.25) is 11.8 Å². The molecule has 1 spiro atoms. The first-order valence-electron chi connectivity index (χ1n) is 13.5. The highest BCUT2D eigenvalue weighted by Crippen LogP contribution is 2.54. The van der Waals surface area contributed by atoms with E-state index in [0.29, 0.717) is 24.3 Å². The van der Waals surface area contributed by atoms with E-state index in [-0.39, 0.29) is 41.3 Å². The molecule has 2 aliphatic heterocycles. The van der Waals surface area contributed by atoms with Gasteiger partial charge in [-0.1, -0.05) is 68.8 Å². The highest BCUT2D eigenvalue weighted by Gasteiger charge is 2.65. The number of halogens is 1. The van der Waals surface area contributed by atoms with Crippen LogP contribution in [0, 0.1) is 11.3 Å². The van der Waals surface area contributed by atoms with Gasteiger partial charge in [-0.2, -0.15) is 0 Å². The van der Waals surface area contributed by atoms with E-state index in [1.807, 2.05) is 36.4 Å². The molecule has 7 heteroatoms. The summed E-state index contributed by atoms with van der Waals surface area (Å²) in [4.78, 5) is 28.0. The van der Waals surface area contributed by atoms with Crippen LogP contribution in [0.15, 0.2) is 48.5 Å². The number of carbonyl (C=O) groups is 2. The van der Waals surface area contributed by atoms with Crippen molar-refractivity contribution in [2.24, 2.45) is 11.3 Å². The highest BCUT2D eigenvalue weighted by molar-refractivity contribution is 6.31. The molecule has 2 aromatic carbocycles. The van der Waals surface area contributed by atoms with Crippen LogP contribution in [0.2, 0.25) is 5.02 Å². The lowest BCUT2D eigenvalue weighted by atomic mass is 9.63. The Hall–Kier alpha value is -2.41. The van der Waals surface area contributed by atoms with Crippen LogP contribution in [-0.2, 0) is 21.4 Å². The Morgan fingerprint density at radius 2 is 1.81 bits per heavy atom. The first-order valence-corrected chi connectivity index (χ1v) is 13.9. The van der Waals surface area contributed by atoms with Gasteiger partial charge in [0.05, 0.1) is 17.6 Å². The molecule has 0 bridgehead atoms. The molecule has 0 aromatic heterocycles. The predicted octanol–water partition coefficient (Wildman–Crippen LogP) is 4.59. The third-order valence-corrected chi connectivity index (χ3v) is 8.64. The molecule has 1 aliphatic carbocycles. The van der Waals surface area contributed by atoms with Gasteiger partial charge in [0, 0.05) is 28.7 Å². The SMILES string of the molecule is CC(C)(C)CC1NC(C(=O)NC2CCC(O)CC2)C(Cc2ccccc2)C12C(=O)Nc1cc(Cl)ccc12. The molecule has 198 valence electrons. The molecule has 2 heterocycles. The minimum absolute atomic E-state index is 0.0381. The number of hydrogen-bond donors (Lipinski definition) is 4. The Morgan fingerprint density at radius 3 is 2.49 bits per heavy atom. The lowest BCUT2D eigenvalue weighted by Gasteiger charge is -2.37. The molecule has 0 radical (unpaired) electrons. The lowest BCUT2D eigenvalue weighted by molar-refractivity contribution is -0.126. The number of rotatable bonds is 5. The van der Waals surface area contributed by atoms with Gasteiger partial charge in [-0.3, -0.25) is 9.59 Å². The van der Waals surface area contributed by atoms with Crippen LogP contribution in [0.1, 0.15) is 64.0 Å². The first-order chi connectivity index (χ1) is 17.6. The fourth-order valence-electron chi connectivity index (χ4n) is 6.78. The first kappa shape index (κ1) is 26.2. The van der Waals surface area contributed by atoms with E-state index in [4.69, 9.17) is 11.6 Å². The summed E-state index contributed by atoms with van der Waals surface area (Å²) in [6, 6.07) is 15.0. The van der Waals surface area contributed by atoms with Crippen molar-refractivity contribution in [3.05, 3.63) is 64.7 Å². The average Bonchev–Trinajstić information content (AvgIpc) is 3.30. The van der Waals surface area contributed by atoms with Crippen LogP contribution in [0.25, 0.3) is 0 Å². The van der Waals surface area contributed by atoms with E-state index in [1.165, 1.54) is 0 Å². The molecular weight excluding hydrogens is 486 g/mol. The number of amides is 2. The molecule has 1 saturated heterocycles. The maximum absolute atomic E-state index is 14.1. The number of carbonyl (C=O) groups excluding carboxylic acids is 2. The van der Waals surface area contributed by atoms with Crippen molar-refractivity contribution in [1.29, 1.82) is 0 Å². The summed E-state index contributed by atoms with van der Waals surface area (Å²) in [5, 5.41) is 20.6. The molecule has 1 saturated carbocycles. The van der Waals surface area contributed by atoms with Crippen molar-refractivity contribution in [3.8, 4) is 0 Å². The van der Waals surface area contributed by atoms with Gasteiger partial charge in [-0.15, -0.1) is 0 Å². The van der Waals surface area contributed by atoms with Crippen LogP contribution in [0.5, 0.6) is 0 Å². The van der Waals surface area contributed by atoms with Crippen LogP contribution in [-0.4, -0.2) is 41.2 Å². The van der Waals surface area contributed by atoms with Gasteiger partial charge in [0.1, 0.15) is 0 Å². The summed E-state index contributed by atoms with van der Waals surface area (Å²) >= 11 is 6.32. The van der Waals surface area contributed by atoms with Crippen molar-refractivity contribution in [2.45, 2.75) is 88.9 Å². The van der Waals surface area contributed by atoms with E-state index in [1.54, 1.807) is 0 Å². The maximum Gasteiger partial charge on any atom is 0.237 e. The Bertz CT molecular complexity index is 1160. The molecule has 37 heavy (non-hydrogen) atoms. The van der Waals surface area contributed by atoms with Gasteiger partial charge in [0.15, 0.2) is 0 Å². The summed E-state index contributed by atoms with van der Waals surface area (Å²) in [7, 11) is 0. The molecule has 2 aromatic rings. The van der Waals surface area contributed by atoms with Crippen molar-refractivity contribution in [2.75, 3.05) is 5.32 Å². The average molecular weight is 524 g/mol. The number of hydrogen-bond acceptors (Lipinski definition) is 4. The normalized spacial score (nSPS) is 31.3. The molecule has 2 amide bonds. The second-order valence-corrected chi connectivity index (χ2v) is 12.7. The summed E-state index contributed by atoms with van der Waals surface area (Å²) in [5.41, 5.74) is 1.77. The zero-order valence-corrected chi connectivity index (χ0v) is 22.6. The Labute approximate surface area is 224 Å². The lowest BCUT2D eigenvalue weighted by Crippen LogP contribution is -2.51. The van der Waals surface area contributed by atoms with Crippen molar-refractivity contribution >= 4 is 29.1 Å². The minimum Gasteiger partial charge on any atom is -0.393 e. The third-order valence-electron chi connectivity index (χ3n) is 8.41. The zero-order valence-electron chi connectivity index (χ0n) is 21.9. The highest BCUT2D eigenvalue weighted by atomic mass is 35.5. The summed E-state index contributed by atoms with van der Waals surface area (Å²) < 4.78 is 0. The van der Waals surface area contributed by atoms with E-state index >= 15 is 0 Å². The Morgan fingerprint density at radius 1 is 1.11 bits per heavy atom. The summed E-state index contributed by atoms with van der Waals surface area (Å²) in [6.07, 6.45) is 3.96. The molecule has 6 nitrogen and oxygen atoms in total. The van der Waals surface area contributed by atoms with Gasteiger partial charge < -0.3 is 21.1 Å². The number of anilines is 1. The van der Waals surface area contributed by atoms with Gasteiger partial charge in [0.25, 0.3) is 0 Å². The molecule has 4 atom stereocenters. The molecule has 4 N–H and O–H groups in total. The second kappa shape index (κ2) is 10.0. The smallest absolute Gasteiger partial charge is 0.237 e. The van der Waals surface area contributed by atoms with E-state index in [9.17, 15) is 14.7 Å². The van der Waals surface area contributed by atoms with E-state index in [0.717, 1.165) is 36.1 Å². The second-order valence-electron chi connectivity index (χ2n) is 12.3. The quantitative estimate of drug-likeness (QED) is 0.461. The van der Waals surface area contributed by atoms with Crippen LogP contribution >= 0.6 is 11.6 Å². The van der Waals surface area contributed by atoms with E-state index in [2.05, 4.69) is 48.9 Å². The molecular formula is C30H38ClN3O3. The Balaban J connectivity index is 1.58. The minimum atomic E-state index is -0.909. The zero-order chi connectivity index (χ0) is 26.4. The standard InChI is InChI=1S/C30H38ClN3O3/c1-29(2,3)17-25-30(22-14-9-19(31)16-24(22)33-28(30)37)23(15-18-7-5-4-6-8-18)26(34-25)27(36)32-20-10-12-21(35)13-11-20/h4-9,14,16,20-21,23,25-26,34-35H,10-13,15,17H2,1-3H3,(H,32,36)(H,33,37). The number of nitrogens with one attached hydrogen (secondary N) is 3. The van der Waals surface area contributed by atoms with Crippen LogP contribution in [0.3, 0.4) is 0 Å². The number of fused-ring (bicyclic) bond motifs is 2. The largest absolute Gasteiger partial charge is 0.393 e. The molecule has 4 unspecified atom stereocenters. The van der Waals surface area contributed by atoms with Crippen LogP contribution in [0.4, 0.5) is 5.69 Å².